The summed E-state index contributed by atoms with van der Waals surface area (Å²) < 4.78 is 2.29. The van der Waals surface area contributed by atoms with Crippen molar-refractivity contribution >= 4 is 5.95 Å². The molecule has 0 bridgehead atoms. The van der Waals surface area contributed by atoms with Crippen LogP contribution in [-0.2, 0) is 0 Å². The normalized spacial score (nSPS) is 17.1. The van der Waals surface area contributed by atoms with E-state index in [1.807, 2.05) is 6.20 Å². The van der Waals surface area contributed by atoms with E-state index in [1.165, 1.54) is 44.9 Å². The molecule has 0 radical (unpaired) electrons. The molecule has 1 fully saturated rings. The number of anilines is 1. The second-order valence-corrected chi connectivity index (χ2v) is 5.28. The summed E-state index contributed by atoms with van der Waals surface area (Å²) in [6, 6.07) is 1.25. The van der Waals surface area contributed by atoms with E-state index in [1.54, 1.807) is 0 Å². The standard InChI is InChI=1S/C14H25N3/c1-3-4-5-6-7-12(2)16-14-15-10-11-17(14)13-8-9-13/h10-13H,3-9H2,1-2H3,(H,15,16). The van der Waals surface area contributed by atoms with Crippen LogP contribution in [0.1, 0.15) is 64.8 Å². The van der Waals surface area contributed by atoms with Crippen molar-refractivity contribution in [2.75, 3.05) is 5.32 Å². The quantitative estimate of drug-likeness (QED) is 0.690. The summed E-state index contributed by atoms with van der Waals surface area (Å²) in [4.78, 5) is 4.41. The molecule has 0 aliphatic heterocycles. The van der Waals surface area contributed by atoms with Gasteiger partial charge in [-0.1, -0.05) is 32.6 Å². The summed E-state index contributed by atoms with van der Waals surface area (Å²) >= 11 is 0. The fraction of sp³-hybridized carbons (Fsp3) is 0.786. The van der Waals surface area contributed by atoms with Gasteiger partial charge in [-0.15, -0.1) is 0 Å². The van der Waals surface area contributed by atoms with Crippen LogP contribution in [0.25, 0.3) is 0 Å². The molecule has 3 heteroatoms. The summed E-state index contributed by atoms with van der Waals surface area (Å²) in [5, 5.41) is 3.54. The molecule has 0 amide bonds. The molecule has 0 saturated heterocycles. The van der Waals surface area contributed by atoms with Crippen LogP contribution in [0.3, 0.4) is 0 Å². The molecular formula is C14H25N3. The third kappa shape index (κ3) is 3.76. The number of hydrogen-bond donors (Lipinski definition) is 1. The fourth-order valence-corrected chi connectivity index (χ4v) is 2.24. The Morgan fingerprint density at radius 1 is 1.41 bits per heavy atom. The zero-order valence-electron chi connectivity index (χ0n) is 11.2. The molecule has 1 aliphatic rings. The Hall–Kier alpha value is -0.990. The molecule has 1 unspecified atom stereocenters. The van der Waals surface area contributed by atoms with Crippen molar-refractivity contribution in [2.24, 2.45) is 0 Å². The minimum absolute atomic E-state index is 0.534. The molecule has 0 aromatic carbocycles. The van der Waals surface area contributed by atoms with Crippen LogP contribution in [0.4, 0.5) is 5.95 Å². The lowest BCUT2D eigenvalue weighted by Crippen LogP contribution is -2.18. The van der Waals surface area contributed by atoms with Gasteiger partial charge in [0.2, 0.25) is 5.95 Å². The first-order chi connectivity index (χ1) is 8.31. The van der Waals surface area contributed by atoms with E-state index in [-0.39, 0.29) is 0 Å². The molecule has 96 valence electrons. The molecule has 2 rings (SSSR count). The Balaban J connectivity index is 1.73. The zero-order valence-corrected chi connectivity index (χ0v) is 11.2. The Morgan fingerprint density at radius 3 is 2.94 bits per heavy atom. The van der Waals surface area contributed by atoms with Gasteiger partial charge in [0, 0.05) is 24.5 Å². The van der Waals surface area contributed by atoms with Crippen molar-refractivity contribution in [1.82, 2.24) is 9.55 Å². The van der Waals surface area contributed by atoms with E-state index in [0.29, 0.717) is 12.1 Å². The summed E-state index contributed by atoms with van der Waals surface area (Å²) in [6.07, 6.45) is 13.3. The van der Waals surface area contributed by atoms with Crippen molar-refractivity contribution in [3.8, 4) is 0 Å². The zero-order chi connectivity index (χ0) is 12.1. The molecule has 3 nitrogen and oxygen atoms in total. The number of aromatic nitrogens is 2. The van der Waals surface area contributed by atoms with Gasteiger partial charge in [-0.2, -0.15) is 0 Å². The molecule has 1 saturated carbocycles. The first-order valence-electron chi connectivity index (χ1n) is 7.10. The number of imidazole rings is 1. The van der Waals surface area contributed by atoms with Crippen LogP contribution >= 0.6 is 0 Å². The van der Waals surface area contributed by atoms with Gasteiger partial charge in [0.1, 0.15) is 0 Å². The Morgan fingerprint density at radius 2 is 2.24 bits per heavy atom. The minimum atomic E-state index is 0.534. The number of nitrogens with zero attached hydrogens (tertiary/aromatic N) is 2. The average Bonchev–Trinajstić information content (AvgIpc) is 3.06. The molecule has 1 N–H and O–H groups in total. The predicted molar refractivity (Wildman–Crippen MR) is 72.3 cm³/mol. The van der Waals surface area contributed by atoms with Crippen molar-refractivity contribution in [3.63, 3.8) is 0 Å². The molecular weight excluding hydrogens is 210 g/mol. The largest absolute Gasteiger partial charge is 0.353 e. The smallest absolute Gasteiger partial charge is 0.203 e. The summed E-state index contributed by atoms with van der Waals surface area (Å²) in [5.74, 6) is 1.07. The molecule has 1 aromatic rings. The maximum atomic E-state index is 4.41. The van der Waals surface area contributed by atoms with Gasteiger partial charge in [-0.25, -0.2) is 4.98 Å². The maximum absolute atomic E-state index is 4.41. The van der Waals surface area contributed by atoms with E-state index >= 15 is 0 Å². The third-order valence-corrected chi connectivity index (χ3v) is 3.48. The van der Waals surface area contributed by atoms with Gasteiger partial charge in [-0.05, 0) is 26.2 Å². The number of rotatable bonds is 8. The number of hydrogen-bond acceptors (Lipinski definition) is 2. The van der Waals surface area contributed by atoms with Gasteiger partial charge < -0.3 is 9.88 Å². The van der Waals surface area contributed by atoms with Crippen molar-refractivity contribution in [2.45, 2.75) is 70.9 Å². The molecule has 0 spiro atoms. The van der Waals surface area contributed by atoms with Crippen LogP contribution in [0.2, 0.25) is 0 Å². The van der Waals surface area contributed by atoms with E-state index in [0.717, 1.165) is 5.95 Å². The predicted octanol–water partition coefficient (Wildman–Crippen LogP) is 3.99. The lowest BCUT2D eigenvalue weighted by Gasteiger charge is -2.15. The highest BCUT2D eigenvalue weighted by atomic mass is 15.2. The van der Waals surface area contributed by atoms with Crippen LogP contribution < -0.4 is 5.32 Å². The second-order valence-electron chi connectivity index (χ2n) is 5.28. The summed E-state index contributed by atoms with van der Waals surface area (Å²) in [5.41, 5.74) is 0. The van der Waals surface area contributed by atoms with Gasteiger partial charge in [0.05, 0.1) is 0 Å². The van der Waals surface area contributed by atoms with Gasteiger partial charge in [-0.3, -0.25) is 0 Å². The monoisotopic (exact) mass is 235 g/mol. The van der Waals surface area contributed by atoms with Crippen LogP contribution in [-0.4, -0.2) is 15.6 Å². The highest BCUT2D eigenvalue weighted by molar-refractivity contribution is 5.29. The number of nitrogens with one attached hydrogen (secondary N) is 1. The Bertz CT molecular complexity index is 328. The molecule has 1 aromatic heterocycles. The van der Waals surface area contributed by atoms with Crippen LogP contribution in [0.15, 0.2) is 12.4 Å². The lowest BCUT2D eigenvalue weighted by atomic mass is 10.1. The lowest BCUT2D eigenvalue weighted by molar-refractivity contribution is 0.587. The SMILES string of the molecule is CCCCCCC(C)Nc1nccn1C1CC1. The Kier molecular flexibility index (Phi) is 4.46. The molecule has 1 atom stereocenters. The maximum Gasteiger partial charge on any atom is 0.203 e. The Labute approximate surface area is 105 Å². The van der Waals surface area contributed by atoms with Crippen molar-refractivity contribution in [1.29, 1.82) is 0 Å². The average molecular weight is 235 g/mol. The van der Waals surface area contributed by atoms with E-state index in [9.17, 15) is 0 Å². The fourth-order valence-electron chi connectivity index (χ4n) is 2.24. The van der Waals surface area contributed by atoms with Crippen molar-refractivity contribution < 1.29 is 0 Å². The number of unbranched alkanes of at least 4 members (excludes halogenated alkanes) is 3. The minimum Gasteiger partial charge on any atom is -0.353 e. The van der Waals surface area contributed by atoms with Crippen molar-refractivity contribution in [3.05, 3.63) is 12.4 Å². The molecule has 17 heavy (non-hydrogen) atoms. The second kappa shape index (κ2) is 6.08. The van der Waals surface area contributed by atoms with Crippen LogP contribution in [0, 0.1) is 0 Å². The third-order valence-electron chi connectivity index (χ3n) is 3.48. The van der Waals surface area contributed by atoms with E-state index in [4.69, 9.17) is 0 Å². The van der Waals surface area contributed by atoms with E-state index in [2.05, 4.69) is 34.9 Å². The highest BCUT2D eigenvalue weighted by Gasteiger charge is 2.25. The molecule has 1 aliphatic carbocycles. The van der Waals surface area contributed by atoms with Gasteiger partial charge in [0.15, 0.2) is 0 Å². The van der Waals surface area contributed by atoms with Crippen LogP contribution in [0.5, 0.6) is 0 Å². The summed E-state index contributed by atoms with van der Waals surface area (Å²) in [7, 11) is 0. The van der Waals surface area contributed by atoms with Gasteiger partial charge in [0.25, 0.3) is 0 Å². The summed E-state index contributed by atoms with van der Waals surface area (Å²) in [6.45, 7) is 4.52. The first-order valence-corrected chi connectivity index (χ1v) is 7.10. The first kappa shape index (κ1) is 12.5. The topological polar surface area (TPSA) is 29.9 Å². The molecule has 1 heterocycles. The van der Waals surface area contributed by atoms with E-state index < -0.39 is 0 Å². The highest BCUT2D eigenvalue weighted by Crippen LogP contribution is 2.36. The van der Waals surface area contributed by atoms with Gasteiger partial charge >= 0.3 is 0 Å².